The zero-order chi connectivity index (χ0) is 15.5. The van der Waals surface area contributed by atoms with E-state index in [1.54, 1.807) is 31.4 Å². The van der Waals surface area contributed by atoms with Gasteiger partial charge in [-0.1, -0.05) is 24.3 Å². The number of carbonyl (C=O) groups excluding carboxylic acids is 1. The van der Waals surface area contributed by atoms with Gasteiger partial charge in [0.25, 0.3) is 5.91 Å². The van der Waals surface area contributed by atoms with E-state index in [4.69, 9.17) is 4.74 Å². The summed E-state index contributed by atoms with van der Waals surface area (Å²) >= 11 is 0. The lowest BCUT2D eigenvalue weighted by Gasteiger charge is -2.09. The van der Waals surface area contributed by atoms with Crippen LogP contribution in [0.25, 0.3) is 10.8 Å². The maximum absolute atomic E-state index is 12.3. The van der Waals surface area contributed by atoms with Crippen molar-refractivity contribution in [2.45, 2.75) is 0 Å². The minimum absolute atomic E-state index is 0.0499. The molecular weight excluding hydrogens is 278 g/mol. The lowest BCUT2D eigenvalue weighted by Crippen LogP contribution is -2.12. The topological polar surface area (TPSA) is 58.6 Å². The molecule has 0 saturated carbocycles. The number of phenolic OH excluding ortho intramolecular Hbond substituents is 1. The molecule has 3 rings (SSSR count). The largest absolute Gasteiger partial charge is 0.507 e. The number of hydrogen-bond donors (Lipinski definition) is 2. The lowest BCUT2D eigenvalue weighted by molar-refractivity contribution is 0.102. The third-order valence-corrected chi connectivity index (χ3v) is 3.44. The van der Waals surface area contributed by atoms with Crippen LogP contribution in [0, 0.1) is 0 Å². The molecule has 1 amide bonds. The van der Waals surface area contributed by atoms with Crippen molar-refractivity contribution in [3.63, 3.8) is 0 Å². The summed E-state index contributed by atoms with van der Waals surface area (Å²) in [7, 11) is 1.59. The minimum Gasteiger partial charge on any atom is -0.507 e. The van der Waals surface area contributed by atoms with Gasteiger partial charge in [-0.15, -0.1) is 0 Å². The third-order valence-electron chi connectivity index (χ3n) is 3.44. The van der Waals surface area contributed by atoms with Gasteiger partial charge >= 0.3 is 0 Å². The average Bonchev–Trinajstić information content (AvgIpc) is 2.54. The molecule has 0 bridgehead atoms. The molecule has 22 heavy (non-hydrogen) atoms. The summed E-state index contributed by atoms with van der Waals surface area (Å²) in [6.07, 6.45) is 0. The highest BCUT2D eigenvalue weighted by Crippen LogP contribution is 2.28. The first kappa shape index (κ1) is 13.9. The van der Waals surface area contributed by atoms with Crippen molar-refractivity contribution in [2.75, 3.05) is 12.4 Å². The number of para-hydroxylation sites is 1. The Morgan fingerprint density at radius 1 is 1.00 bits per heavy atom. The van der Waals surface area contributed by atoms with Crippen LogP contribution in [0.3, 0.4) is 0 Å². The molecule has 0 aliphatic heterocycles. The van der Waals surface area contributed by atoms with E-state index in [-0.39, 0.29) is 17.2 Å². The SMILES string of the molecule is COc1ccc2cc(O)c(C(=O)Nc3ccccc3)cc2c1. The summed E-state index contributed by atoms with van der Waals surface area (Å²) in [6.45, 7) is 0. The normalized spacial score (nSPS) is 10.4. The van der Waals surface area contributed by atoms with Crippen molar-refractivity contribution in [1.29, 1.82) is 0 Å². The second kappa shape index (κ2) is 5.77. The van der Waals surface area contributed by atoms with Crippen LogP contribution in [-0.2, 0) is 0 Å². The van der Waals surface area contributed by atoms with Crippen LogP contribution in [0.4, 0.5) is 5.69 Å². The molecule has 0 unspecified atom stereocenters. The molecule has 3 aromatic carbocycles. The van der Waals surface area contributed by atoms with Crippen molar-refractivity contribution in [3.05, 3.63) is 66.2 Å². The molecule has 0 atom stereocenters. The van der Waals surface area contributed by atoms with E-state index >= 15 is 0 Å². The summed E-state index contributed by atoms with van der Waals surface area (Å²) in [6, 6.07) is 17.8. The molecule has 0 aliphatic rings. The quantitative estimate of drug-likeness (QED) is 0.772. The molecule has 4 nitrogen and oxygen atoms in total. The van der Waals surface area contributed by atoms with Crippen LogP contribution in [0.15, 0.2) is 60.7 Å². The number of fused-ring (bicyclic) bond motifs is 1. The second-order valence-electron chi connectivity index (χ2n) is 4.90. The Kier molecular flexibility index (Phi) is 3.66. The first-order chi connectivity index (χ1) is 10.7. The zero-order valence-electron chi connectivity index (χ0n) is 12.0. The van der Waals surface area contributed by atoms with Crippen LogP contribution in [-0.4, -0.2) is 18.1 Å². The summed E-state index contributed by atoms with van der Waals surface area (Å²) in [5.74, 6) is 0.298. The predicted molar refractivity (Wildman–Crippen MR) is 86.6 cm³/mol. The first-order valence-electron chi connectivity index (χ1n) is 6.84. The minimum atomic E-state index is -0.353. The highest BCUT2D eigenvalue weighted by atomic mass is 16.5. The fraction of sp³-hybridized carbons (Fsp3) is 0.0556. The van der Waals surface area contributed by atoms with E-state index < -0.39 is 0 Å². The Morgan fingerprint density at radius 2 is 1.77 bits per heavy atom. The van der Waals surface area contributed by atoms with Gasteiger partial charge in [-0.25, -0.2) is 0 Å². The first-order valence-corrected chi connectivity index (χ1v) is 6.84. The highest BCUT2D eigenvalue weighted by Gasteiger charge is 2.13. The Morgan fingerprint density at radius 3 is 2.50 bits per heavy atom. The number of benzene rings is 3. The van der Waals surface area contributed by atoms with E-state index in [1.807, 2.05) is 36.4 Å². The standard InChI is InChI=1S/C18H15NO3/c1-22-15-8-7-12-11-17(20)16(10-13(12)9-15)18(21)19-14-5-3-2-4-6-14/h2-11,20H,1H3,(H,19,21). The predicted octanol–water partition coefficient (Wildman–Crippen LogP) is 3.81. The van der Waals surface area contributed by atoms with Gasteiger partial charge in [0, 0.05) is 5.69 Å². The number of amides is 1. The molecule has 0 aliphatic carbocycles. The number of rotatable bonds is 3. The fourth-order valence-corrected chi connectivity index (χ4v) is 2.29. The molecule has 0 saturated heterocycles. The number of ether oxygens (including phenoxy) is 1. The Labute approximate surface area is 128 Å². The van der Waals surface area contributed by atoms with E-state index in [1.165, 1.54) is 0 Å². The monoisotopic (exact) mass is 293 g/mol. The maximum Gasteiger partial charge on any atom is 0.259 e. The molecule has 110 valence electrons. The van der Waals surface area contributed by atoms with E-state index in [2.05, 4.69) is 5.32 Å². The van der Waals surface area contributed by atoms with Crippen LogP contribution in [0.5, 0.6) is 11.5 Å². The Bertz CT molecular complexity index is 828. The molecule has 4 heteroatoms. The molecule has 3 aromatic rings. The fourth-order valence-electron chi connectivity index (χ4n) is 2.29. The van der Waals surface area contributed by atoms with Crippen LogP contribution in [0.1, 0.15) is 10.4 Å². The Hall–Kier alpha value is -3.01. The van der Waals surface area contributed by atoms with Gasteiger partial charge in [-0.2, -0.15) is 0 Å². The summed E-state index contributed by atoms with van der Waals surface area (Å²) in [4.78, 5) is 12.3. The van der Waals surface area contributed by atoms with Crippen molar-refractivity contribution < 1.29 is 14.6 Å². The van der Waals surface area contributed by atoms with Gasteiger partial charge in [0.2, 0.25) is 0 Å². The number of phenols is 1. The van der Waals surface area contributed by atoms with Crippen molar-refractivity contribution in [2.24, 2.45) is 0 Å². The molecular formula is C18H15NO3. The van der Waals surface area contributed by atoms with Gasteiger partial charge in [-0.05, 0) is 47.2 Å². The smallest absolute Gasteiger partial charge is 0.259 e. The number of carbonyl (C=O) groups is 1. The van der Waals surface area contributed by atoms with Gasteiger partial charge in [0.15, 0.2) is 0 Å². The number of methoxy groups -OCH3 is 1. The van der Waals surface area contributed by atoms with E-state index in [9.17, 15) is 9.90 Å². The molecule has 0 radical (unpaired) electrons. The lowest BCUT2D eigenvalue weighted by atomic mass is 10.0. The van der Waals surface area contributed by atoms with Gasteiger partial charge < -0.3 is 15.2 Å². The van der Waals surface area contributed by atoms with Crippen molar-refractivity contribution in [1.82, 2.24) is 0 Å². The molecule has 0 spiro atoms. The second-order valence-corrected chi connectivity index (χ2v) is 4.90. The number of aromatic hydroxyl groups is 1. The van der Waals surface area contributed by atoms with Crippen LogP contribution >= 0.6 is 0 Å². The summed E-state index contributed by atoms with van der Waals surface area (Å²) in [5.41, 5.74) is 0.905. The number of hydrogen-bond acceptors (Lipinski definition) is 3. The average molecular weight is 293 g/mol. The highest BCUT2D eigenvalue weighted by molar-refractivity contribution is 6.08. The molecule has 0 fully saturated rings. The van der Waals surface area contributed by atoms with Gasteiger partial charge in [-0.3, -0.25) is 4.79 Å². The van der Waals surface area contributed by atoms with Crippen molar-refractivity contribution in [3.8, 4) is 11.5 Å². The molecule has 0 aromatic heterocycles. The number of anilines is 1. The summed E-state index contributed by atoms with van der Waals surface area (Å²) < 4.78 is 5.19. The van der Waals surface area contributed by atoms with Crippen molar-refractivity contribution >= 4 is 22.4 Å². The Balaban J connectivity index is 1.98. The van der Waals surface area contributed by atoms with E-state index in [0.29, 0.717) is 11.4 Å². The van der Waals surface area contributed by atoms with Gasteiger partial charge in [0.05, 0.1) is 12.7 Å². The van der Waals surface area contributed by atoms with Crippen LogP contribution in [0.2, 0.25) is 0 Å². The van der Waals surface area contributed by atoms with Gasteiger partial charge in [0.1, 0.15) is 11.5 Å². The summed E-state index contributed by atoms with van der Waals surface area (Å²) in [5, 5.41) is 14.5. The maximum atomic E-state index is 12.3. The van der Waals surface area contributed by atoms with E-state index in [0.717, 1.165) is 10.8 Å². The third kappa shape index (κ3) is 2.72. The zero-order valence-corrected chi connectivity index (χ0v) is 12.0. The number of nitrogens with one attached hydrogen (secondary N) is 1. The molecule has 2 N–H and O–H groups in total. The molecule has 0 heterocycles. The van der Waals surface area contributed by atoms with Crippen LogP contribution < -0.4 is 10.1 Å².